The molecule has 0 aromatic carbocycles. The molecule has 1 fully saturated rings. The fourth-order valence-electron chi connectivity index (χ4n) is 2.50. The lowest BCUT2D eigenvalue weighted by Crippen LogP contribution is -2.53. The van der Waals surface area contributed by atoms with E-state index in [-0.39, 0.29) is 30.0 Å². The van der Waals surface area contributed by atoms with E-state index in [1.807, 2.05) is 6.92 Å². The van der Waals surface area contributed by atoms with Gasteiger partial charge in [-0.15, -0.1) is 0 Å². The topological polar surface area (TPSA) is 75.4 Å². The van der Waals surface area contributed by atoms with E-state index in [0.29, 0.717) is 18.8 Å². The standard InChI is InChI=1S/C14H27N3O2S/c1-3-10(2)13(16-7-11(15)9-20)14(19)17-6-4-5-12(17)8-18/h8,10-13,16,20H,3-7,9,15H2,1-2H3/t10-,11+,12-,13-/m0/s1. The Kier molecular flexibility index (Phi) is 7.55. The smallest absolute Gasteiger partial charge is 0.240 e. The van der Waals surface area contributed by atoms with Crippen molar-refractivity contribution in [1.82, 2.24) is 10.2 Å². The first-order valence-corrected chi connectivity index (χ1v) is 8.03. The van der Waals surface area contributed by atoms with E-state index in [4.69, 9.17) is 5.73 Å². The number of nitrogens with zero attached hydrogens (tertiary/aromatic N) is 1. The van der Waals surface area contributed by atoms with Gasteiger partial charge in [0.05, 0.1) is 12.1 Å². The summed E-state index contributed by atoms with van der Waals surface area (Å²) >= 11 is 4.15. The Balaban J connectivity index is 2.71. The molecule has 5 nitrogen and oxygen atoms in total. The number of likely N-dealkylation sites (tertiary alicyclic amines) is 1. The normalized spacial score (nSPS) is 23.4. The van der Waals surface area contributed by atoms with Crippen molar-refractivity contribution in [3.8, 4) is 0 Å². The second-order valence-corrected chi connectivity index (χ2v) is 5.96. The molecule has 1 rings (SSSR count). The minimum Gasteiger partial charge on any atom is -0.332 e. The van der Waals surface area contributed by atoms with Gasteiger partial charge in [-0.1, -0.05) is 20.3 Å². The van der Waals surface area contributed by atoms with Gasteiger partial charge in [0.2, 0.25) is 5.91 Å². The van der Waals surface area contributed by atoms with Gasteiger partial charge in [-0.05, 0) is 18.8 Å². The Morgan fingerprint density at radius 2 is 2.30 bits per heavy atom. The number of nitrogens with one attached hydrogen (secondary N) is 1. The third-order valence-corrected chi connectivity index (χ3v) is 4.52. The molecule has 6 heteroatoms. The summed E-state index contributed by atoms with van der Waals surface area (Å²) in [7, 11) is 0. The average molecular weight is 301 g/mol. The number of hydrogen-bond acceptors (Lipinski definition) is 5. The highest BCUT2D eigenvalue weighted by molar-refractivity contribution is 7.80. The number of rotatable bonds is 8. The van der Waals surface area contributed by atoms with Gasteiger partial charge < -0.3 is 20.7 Å². The monoisotopic (exact) mass is 301 g/mol. The van der Waals surface area contributed by atoms with Crippen molar-refractivity contribution in [3.63, 3.8) is 0 Å². The van der Waals surface area contributed by atoms with Gasteiger partial charge in [0.1, 0.15) is 6.29 Å². The number of nitrogens with two attached hydrogens (primary N) is 1. The van der Waals surface area contributed by atoms with E-state index in [9.17, 15) is 9.59 Å². The van der Waals surface area contributed by atoms with E-state index in [0.717, 1.165) is 25.5 Å². The third kappa shape index (κ3) is 4.46. The fraction of sp³-hybridized carbons (Fsp3) is 0.857. The second-order valence-electron chi connectivity index (χ2n) is 5.59. The summed E-state index contributed by atoms with van der Waals surface area (Å²) in [5, 5.41) is 3.26. The zero-order valence-corrected chi connectivity index (χ0v) is 13.3. The summed E-state index contributed by atoms with van der Waals surface area (Å²) in [6.07, 6.45) is 3.47. The van der Waals surface area contributed by atoms with Crippen LogP contribution in [0.1, 0.15) is 33.1 Å². The molecule has 1 aliphatic heterocycles. The van der Waals surface area contributed by atoms with Crippen LogP contribution in [0.15, 0.2) is 0 Å². The lowest BCUT2D eigenvalue weighted by Gasteiger charge is -2.30. The van der Waals surface area contributed by atoms with E-state index in [1.165, 1.54) is 0 Å². The molecule has 0 radical (unpaired) electrons. The highest BCUT2D eigenvalue weighted by Crippen LogP contribution is 2.19. The zero-order valence-electron chi connectivity index (χ0n) is 12.4. The van der Waals surface area contributed by atoms with E-state index < -0.39 is 0 Å². The van der Waals surface area contributed by atoms with Gasteiger partial charge >= 0.3 is 0 Å². The molecular weight excluding hydrogens is 274 g/mol. The molecule has 0 unspecified atom stereocenters. The molecule has 1 amide bonds. The van der Waals surface area contributed by atoms with Crippen LogP contribution in [0, 0.1) is 5.92 Å². The maximum atomic E-state index is 12.7. The summed E-state index contributed by atoms with van der Waals surface area (Å²) in [4.78, 5) is 25.4. The third-order valence-electron chi connectivity index (χ3n) is 4.05. The van der Waals surface area contributed by atoms with Crippen LogP contribution in [0.5, 0.6) is 0 Å². The number of thiol groups is 1. The summed E-state index contributed by atoms with van der Waals surface area (Å²) in [5.41, 5.74) is 5.85. The molecule has 1 aliphatic rings. The Hall–Kier alpha value is -0.590. The lowest BCUT2D eigenvalue weighted by molar-refractivity contribution is -0.137. The summed E-state index contributed by atoms with van der Waals surface area (Å²) in [5.74, 6) is 0.817. The van der Waals surface area contributed by atoms with Gasteiger partial charge in [0, 0.05) is 24.9 Å². The predicted octanol–water partition coefficient (Wildman–Crippen LogP) is 0.438. The number of hydrogen-bond donors (Lipinski definition) is 3. The first kappa shape index (κ1) is 17.5. The average Bonchev–Trinajstić information content (AvgIpc) is 2.94. The minimum atomic E-state index is -0.272. The first-order valence-electron chi connectivity index (χ1n) is 7.40. The molecule has 0 spiro atoms. The van der Waals surface area contributed by atoms with Gasteiger partial charge in [-0.3, -0.25) is 4.79 Å². The molecule has 20 heavy (non-hydrogen) atoms. The highest BCUT2D eigenvalue weighted by Gasteiger charge is 2.34. The highest BCUT2D eigenvalue weighted by atomic mass is 32.1. The largest absolute Gasteiger partial charge is 0.332 e. The lowest BCUT2D eigenvalue weighted by atomic mass is 9.97. The molecule has 1 heterocycles. The summed E-state index contributed by atoms with van der Waals surface area (Å²) in [6, 6.07) is -0.598. The van der Waals surface area contributed by atoms with Crippen molar-refractivity contribution in [2.45, 2.75) is 51.2 Å². The molecular formula is C14H27N3O2S. The number of carbonyl (C=O) groups excluding carboxylic acids is 2. The van der Waals surface area contributed by atoms with Gasteiger partial charge in [0.15, 0.2) is 0 Å². The van der Waals surface area contributed by atoms with Crippen LogP contribution < -0.4 is 11.1 Å². The molecule has 0 aliphatic carbocycles. The molecule has 0 bridgehead atoms. The maximum absolute atomic E-state index is 12.7. The SMILES string of the molecule is CC[C@H](C)[C@H](NC[C@@H](N)CS)C(=O)N1CCC[C@H]1C=O. The molecule has 0 aromatic heterocycles. The minimum absolute atomic E-state index is 0.0281. The fourth-order valence-corrected chi connectivity index (χ4v) is 2.63. The van der Waals surface area contributed by atoms with Gasteiger partial charge in [0.25, 0.3) is 0 Å². The zero-order chi connectivity index (χ0) is 15.1. The van der Waals surface area contributed by atoms with E-state index in [1.54, 1.807) is 4.90 Å². The quantitative estimate of drug-likeness (QED) is 0.449. The Morgan fingerprint density at radius 3 is 2.85 bits per heavy atom. The summed E-state index contributed by atoms with van der Waals surface area (Å²) in [6.45, 7) is 5.35. The van der Waals surface area contributed by atoms with Crippen molar-refractivity contribution in [2.24, 2.45) is 11.7 Å². The maximum Gasteiger partial charge on any atom is 0.240 e. The molecule has 3 N–H and O–H groups in total. The second kappa shape index (κ2) is 8.64. The van der Waals surface area contributed by atoms with Crippen LogP contribution in [0.4, 0.5) is 0 Å². The van der Waals surface area contributed by atoms with Crippen molar-refractivity contribution >= 4 is 24.8 Å². The summed E-state index contributed by atoms with van der Waals surface area (Å²) < 4.78 is 0. The van der Waals surface area contributed by atoms with Crippen molar-refractivity contribution in [1.29, 1.82) is 0 Å². The van der Waals surface area contributed by atoms with E-state index >= 15 is 0 Å². The van der Waals surface area contributed by atoms with Gasteiger partial charge in [-0.2, -0.15) is 12.6 Å². The molecule has 0 saturated carbocycles. The Bertz CT molecular complexity index is 328. The Morgan fingerprint density at radius 1 is 1.60 bits per heavy atom. The predicted molar refractivity (Wildman–Crippen MR) is 83.9 cm³/mol. The van der Waals surface area contributed by atoms with Crippen LogP contribution in [0.25, 0.3) is 0 Å². The van der Waals surface area contributed by atoms with Crippen LogP contribution in [-0.4, -0.2) is 54.1 Å². The molecule has 116 valence electrons. The van der Waals surface area contributed by atoms with Crippen LogP contribution in [-0.2, 0) is 9.59 Å². The van der Waals surface area contributed by atoms with Crippen LogP contribution in [0.3, 0.4) is 0 Å². The van der Waals surface area contributed by atoms with Crippen molar-refractivity contribution in [3.05, 3.63) is 0 Å². The molecule has 0 aromatic rings. The van der Waals surface area contributed by atoms with Crippen molar-refractivity contribution < 1.29 is 9.59 Å². The number of carbonyl (C=O) groups is 2. The van der Waals surface area contributed by atoms with Crippen molar-refractivity contribution in [2.75, 3.05) is 18.8 Å². The van der Waals surface area contributed by atoms with Crippen LogP contribution in [0.2, 0.25) is 0 Å². The molecule has 4 atom stereocenters. The first-order chi connectivity index (χ1) is 9.54. The molecule has 1 saturated heterocycles. The number of aldehydes is 1. The number of amides is 1. The van der Waals surface area contributed by atoms with Gasteiger partial charge in [-0.25, -0.2) is 0 Å². The Labute approximate surface area is 127 Å². The van der Waals surface area contributed by atoms with E-state index in [2.05, 4.69) is 24.9 Å². The van der Waals surface area contributed by atoms with Crippen LogP contribution >= 0.6 is 12.6 Å².